The van der Waals surface area contributed by atoms with Crippen molar-refractivity contribution in [2.45, 2.75) is 65.2 Å². The van der Waals surface area contributed by atoms with Gasteiger partial charge in [-0.15, -0.1) is 0 Å². The minimum absolute atomic E-state index is 0.101. The van der Waals surface area contributed by atoms with Crippen LogP contribution in [-0.2, 0) is 0 Å². The minimum atomic E-state index is -0.272. The predicted molar refractivity (Wildman–Crippen MR) is 163 cm³/mol. The highest BCUT2D eigenvalue weighted by atomic mass is 19.1. The number of halogens is 1. The van der Waals surface area contributed by atoms with E-state index in [0.29, 0.717) is 11.8 Å². The first-order chi connectivity index (χ1) is 18.9. The fraction of sp³-hybridized carbons (Fsp3) is 0.471. The molecule has 1 unspecified atom stereocenters. The Balaban J connectivity index is 1.45. The van der Waals surface area contributed by atoms with Crippen LogP contribution in [0.1, 0.15) is 86.4 Å². The summed E-state index contributed by atoms with van der Waals surface area (Å²) in [6.07, 6.45) is 14.1. The van der Waals surface area contributed by atoms with Gasteiger partial charge in [0, 0.05) is 48.1 Å². The molecule has 2 fully saturated rings. The Kier molecular flexibility index (Phi) is 8.34. The summed E-state index contributed by atoms with van der Waals surface area (Å²) in [4.78, 5) is 7.08. The normalized spacial score (nSPS) is 24.1. The van der Waals surface area contributed by atoms with Gasteiger partial charge in [0.25, 0.3) is 0 Å². The van der Waals surface area contributed by atoms with Gasteiger partial charge >= 0.3 is 0 Å². The number of benzene rings is 1. The smallest absolute Gasteiger partial charge is 0.104 e. The van der Waals surface area contributed by atoms with Gasteiger partial charge in [-0.1, -0.05) is 75.8 Å². The number of aromatic nitrogens is 2. The van der Waals surface area contributed by atoms with Crippen LogP contribution in [-0.4, -0.2) is 46.7 Å². The first-order valence-corrected chi connectivity index (χ1v) is 14.7. The van der Waals surface area contributed by atoms with Crippen molar-refractivity contribution in [3.8, 4) is 0 Å². The maximum atomic E-state index is 13.3. The van der Waals surface area contributed by atoms with Crippen LogP contribution in [0.2, 0.25) is 0 Å². The third-order valence-corrected chi connectivity index (χ3v) is 8.74. The summed E-state index contributed by atoms with van der Waals surface area (Å²) >= 11 is 0. The Labute approximate surface area is 233 Å². The van der Waals surface area contributed by atoms with E-state index in [4.69, 9.17) is 10.1 Å². The van der Waals surface area contributed by atoms with Crippen molar-refractivity contribution in [1.82, 2.24) is 14.7 Å². The molecule has 0 bridgehead atoms. The zero-order valence-electron chi connectivity index (χ0n) is 23.9. The molecule has 5 rings (SSSR count). The molecule has 0 N–H and O–H groups in total. The van der Waals surface area contributed by atoms with E-state index in [0.717, 1.165) is 71.2 Å². The second-order valence-corrected chi connectivity index (χ2v) is 11.7. The number of hydrogen-bond acceptors (Lipinski definition) is 3. The molecule has 4 nitrogen and oxygen atoms in total. The van der Waals surface area contributed by atoms with Gasteiger partial charge in [0.2, 0.25) is 0 Å². The molecule has 206 valence electrons. The van der Waals surface area contributed by atoms with Gasteiger partial charge in [-0.25, -0.2) is 4.68 Å². The number of alkyl halides is 1. The van der Waals surface area contributed by atoms with Gasteiger partial charge in [0.05, 0.1) is 18.1 Å². The highest BCUT2D eigenvalue weighted by molar-refractivity contribution is 6.22. The van der Waals surface area contributed by atoms with Gasteiger partial charge in [-0.2, -0.15) is 5.10 Å². The van der Waals surface area contributed by atoms with Crippen LogP contribution in [0.4, 0.5) is 4.39 Å². The fourth-order valence-corrected chi connectivity index (χ4v) is 6.14. The SMILES string of the molecule is C=C1/C(C)=N\CCC(C)/C=C(/N2CC(CF)C2)c2c1nn(C(=C)/C=C/c1ccc(C3CCCCC3)cc1)c2C. The first kappa shape index (κ1) is 27.4. The summed E-state index contributed by atoms with van der Waals surface area (Å²) in [5, 5.41) is 5.04. The lowest BCUT2D eigenvalue weighted by atomic mass is 9.84. The third kappa shape index (κ3) is 5.88. The van der Waals surface area contributed by atoms with Gasteiger partial charge in [0.1, 0.15) is 5.69 Å². The molecule has 1 saturated heterocycles. The molecule has 3 aliphatic rings. The number of hydrogen-bond donors (Lipinski definition) is 0. The van der Waals surface area contributed by atoms with E-state index >= 15 is 0 Å². The summed E-state index contributed by atoms with van der Waals surface area (Å²) in [6, 6.07) is 9.00. The number of rotatable bonds is 6. The van der Waals surface area contributed by atoms with Crippen LogP contribution in [0.25, 0.3) is 23.0 Å². The Bertz CT molecular complexity index is 1300. The van der Waals surface area contributed by atoms with Crippen LogP contribution in [0.3, 0.4) is 0 Å². The number of likely N-dealkylation sites (tertiary alicyclic amines) is 1. The molecule has 5 heteroatoms. The molecule has 0 amide bonds. The zero-order valence-corrected chi connectivity index (χ0v) is 23.9. The highest BCUT2D eigenvalue weighted by Crippen LogP contribution is 2.37. The molecule has 0 radical (unpaired) electrons. The van der Waals surface area contributed by atoms with Crippen molar-refractivity contribution in [3.05, 3.63) is 77.7 Å². The predicted octanol–water partition coefficient (Wildman–Crippen LogP) is 8.18. The summed E-state index contributed by atoms with van der Waals surface area (Å²) < 4.78 is 15.3. The quantitative estimate of drug-likeness (QED) is 0.356. The lowest BCUT2D eigenvalue weighted by Gasteiger charge is -2.42. The van der Waals surface area contributed by atoms with Crippen LogP contribution in [0.15, 0.2) is 54.6 Å². The molecule has 2 aromatic rings. The van der Waals surface area contributed by atoms with E-state index in [9.17, 15) is 4.39 Å². The van der Waals surface area contributed by atoms with Crippen molar-refractivity contribution < 1.29 is 4.39 Å². The van der Waals surface area contributed by atoms with Crippen LogP contribution >= 0.6 is 0 Å². The molecule has 1 aliphatic carbocycles. The Morgan fingerprint density at radius 1 is 1.08 bits per heavy atom. The number of fused-ring (bicyclic) bond motifs is 1. The largest absolute Gasteiger partial charge is 0.370 e. The topological polar surface area (TPSA) is 33.4 Å². The number of aliphatic imine (C=N–C) groups is 1. The monoisotopic (exact) mass is 526 g/mol. The fourth-order valence-electron chi connectivity index (χ4n) is 6.14. The first-order valence-electron chi connectivity index (χ1n) is 14.7. The van der Waals surface area contributed by atoms with E-state index in [1.807, 2.05) is 17.7 Å². The van der Waals surface area contributed by atoms with Crippen LogP contribution in [0.5, 0.6) is 0 Å². The van der Waals surface area contributed by atoms with Gasteiger partial charge in [0.15, 0.2) is 0 Å². The summed E-state index contributed by atoms with van der Waals surface area (Å²) in [5.74, 6) is 1.16. The van der Waals surface area contributed by atoms with Gasteiger partial charge in [-0.05, 0) is 62.1 Å². The standard InChI is InChI=1S/C34H43FN4/c1-23-17-18-36-26(4)25(3)34-33(32(19-23)38-21-29(20-35)22-38)27(5)39(37-34)24(2)11-12-28-13-15-31(16-14-28)30-9-7-6-8-10-30/h11-16,19,23,29-30H,2-3,6-10,17-18,20-22H2,1,4-5H3/b12-11+,32-19+,36-26-. The zero-order chi connectivity index (χ0) is 27.5. The van der Waals surface area contributed by atoms with E-state index in [2.05, 4.69) is 68.3 Å². The van der Waals surface area contributed by atoms with Crippen LogP contribution in [0, 0.1) is 18.8 Å². The van der Waals surface area contributed by atoms with Gasteiger partial charge in [-0.3, -0.25) is 9.38 Å². The average Bonchev–Trinajstić information content (AvgIpc) is 3.27. The number of nitrogens with zero attached hydrogens (tertiary/aromatic N) is 4. The minimum Gasteiger partial charge on any atom is -0.370 e. The van der Waals surface area contributed by atoms with Crippen molar-refractivity contribution in [3.63, 3.8) is 0 Å². The van der Waals surface area contributed by atoms with E-state index in [-0.39, 0.29) is 12.6 Å². The summed E-state index contributed by atoms with van der Waals surface area (Å²) in [7, 11) is 0. The summed E-state index contributed by atoms with van der Waals surface area (Å²) in [5.41, 5.74) is 9.23. The molecule has 1 aromatic heterocycles. The summed E-state index contributed by atoms with van der Waals surface area (Å²) in [6.45, 7) is 17.1. The third-order valence-electron chi connectivity index (χ3n) is 8.74. The molecule has 0 spiro atoms. The number of allylic oxidation sites excluding steroid dienone is 4. The maximum absolute atomic E-state index is 13.3. The van der Waals surface area contributed by atoms with Crippen LogP contribution < -0.4 is 0 Å². The molecule has 1 atom stereocenters. The van der Waals surface area contributed by atoms with E-state index < -0.39 is 0 Å². The average molecular weight is 527 g/mol. The lowest BCUT2D eigenvalue weighted by Crippen LogP contribution is -2.46. The van der Waals surface area contributed by atoms with E-state index in [1.165, 1.54) is 37.7 Å². The molecular weight excluding hydrogens is 483 g/mol. The molecule has 1 saturated carbocycles. The molecule has 2 aliphatic heterocycles. The lowest BCUT2D eigenvalue weighted by molar-refractivity contribution is 0.142. The molecular formula is C34H43FN4. The molecule has 1 aromatic carbocycles. The maximum Gasteiger partial charge on any atom is 0.104 e. The Morgan fingerprint density at radius 2 is 1.79 bits per heavy atom. The second kappa shape index (κ2) is 11.9. The Hall–Kier alpha value is -3.21. The van der Waals surface area contributed by atoms with E-state index in [1.54, 1.807) is 0 Å². The highest BCUT2D eigenvalue weighted by Gasteiger charge is 2.33. The van der Waals surface area contributed by atoms with Crippen molar-refractivity contribution in [2.75, 3.05) is 26.3 Å². The molecule has 39 heavy (non-hydrogen) atoms. The van der Waals surface area contributed by atoms with Crippen molar-refractivity contribution >= 4 is 28.8 Å². The molecule has 3 heterocycles. The Morgan fingerprint density at radius 3 is 2.49 bits per heavy atom. The van der Waals surface area contributed by atoms with Crippen molar-refractivity contribution in [2.24, 2.45) is 16.8 Å². The second-order valence-electron chi connectivity index (χ2n) is 11.7. The van der Waals surface area contributed by atoms with Crippen molar-refractivity contribution in [1.29, 1.82) is 0 Å². The van der Waals surface area contributed by atoms with Gasteiger partial charge < -0.3 is 4.90 Å².